The van der Waals surface area contributed by atoms with Gasteiger partial charge in [0.05, 0.1) is 41.6 Å². The summed E-state index contributed by atoms with van der Waals surface area (Å²) in [6.07, 6.45) is 3.27. The fourth-order valence-electron chi connectivity index (χ4n) is 12.9. The number of alkyl halides is 1. The van der Waals surface area contributed by atoms with E-state index < -0.39 is 84.4 Å². The Morgan fingerprint density at radius 1 is 0.958 bits per heavy atom. The molecule has 1 aromatic carbocycles. The number of ether oxygens (including phenoxy) is 6. The molecule has 71 heavy (non-hydrogen) atoms. The van der Waals surface area contributed by atoms with Crippen LogP contribution in [0.3, 0.4) is 0 Å². The van der Waals surface area contributed by atoms with E-state index in [0.29, 0.717) is 50.6 Å². The molecule has 15 nitrogen and oxygen atoms in total. The van der Waals surface area contributed by atoms with Gasteiger partial charge in [0.25, 0.3) is 0 Å². The number of benzene rings is 1. The maximum Gasteiger partial charge on any atom is 0.309 e. The first-order valence-corrected chi connectivity index (χ1v) is 26.9. The van der Waals surface area contributed by atoms with Crippen molar-refractivity contribution in [3.05, 3.63) is 47.3 Å². The predicted molar refractivity (Wildman–Crippen MR) is 270 cm³/mol. The number of carbonyl (C=O) groups is 1. The smallest absolute Gasteiger partial charge is 0.309 e. The number of esters is 1. The minimum atomic E-state index is -1.73. The van der Waals surface area contributed by atoms with E-state index in [0.717, 1.165) is 56.6 Å². The Bertz CT molecular complexity index is 1920. The molecule has 18 atom stereocenters. The standard InChI is InChI=1S/C55H92FN5O10/c1-14-47-55(10,65)51(62)39(8)60(12)31-34(3)29-54(9,64)52(37(6)49(38(7)53(63)70-47)46-26-33(2)25-35(4)68-46)71-48-28-44(27-36(5)69-48)59(11)22-19-43-32-61(58-57-43)45(30-56)50(66-13)42-17-15-40(16-18-42)41-20-23-67-24-21-41/h15-18,32-39,41,44-52,62,64-65H,14,19-31H2,1-13H3/t33-,34-,35+,36-,37+,38-,39-,44+,45-,46?,47-,48+,49+,50-,51-,52-,54-,55-/m1/s1. The zero-order valence-electron chi connectivity index (χ0n) is 45.4. The van der Waals surface area contributed by atoms with Crippen molar-refractivity contribution in [3.63, 3.8) is 0 Å². The van der Waals surface area contributed by atoms with Crippen LogP contribution in [0.1, 0.15) is 155 Å². The van der Waals surface area contributed by atoms with Crippen LogP contribution in [0.25, 0.3) is 0 Å². The van der Waals surface area contributed by atoms with Gasteiger partial charge in [-0.1, -0.05) is 64.1 Å². The van der Waals surface area contributed by atoms with Crippen molar-refractivity contribution >= 4 is 5.97 Å². The van der Waals surface area contributed by atoms with Crippen LogP contribution in [0.2, 0.25) is 0 Å². The molecular formula is C55H92FN5O10. The summed E-state index contributed by atoms with van der Waals surface area (Å²) in [7, 11) is 5.60. The number of carbonyl (C=O) groups excluding carboxylic acids is 1. The van der Waals surface area contributed by atoms with Crippen LogP contribution >= 0.6 is 0 Å². The van der Waals surface area contributed by atoms with Crippen LogP contribution in [0, 0.1) is 29.6 Å². The lowest BCUT2D eigenvalue weighted by Gasteiger charge is -2.48. The van der Waals surface area contributed by atoms with Crippen LogP contribution in [-0.2, 0) is 39.6 Å². The van der Waals surface area contributed by atoms with Crippen molar-refractivity contribution in [1.82, 2.24) is 24.8 Å². The van der Waals surface area contributed by atoms with Crippen LogP contribution in [0.5, 0.6) is 0 Å². The summed E-state index contributed by atoms with van der Waals surface area (Å²) in [4.78, 5) is 18.8. The van der Waals surface area contributed by atoms with Crippen LogP contribution < -0.4 is 0 Å². The van der Waals surface area contributed by atoms with E-state index in [-0.39, 0.29) is 30.3 Å². The van der Waals surface area contributed by atoms with Crippen LogP contribution in [0.4, 0.5) is 4.39 Å². The molecule has 2 aromatic rings. The molecule has 404 valence electrons. The number of aliphatic hydroxyl groups excluding tert-OH is 1. The van der Waals surface area contributed by atoms with Gasteiger partial charge in [-0.2, -0.15) is 0 Å². The molecule has 0 amide bonds. The number of aromatic nitrogens is 3. The molecule has 0 spiro atoms. The average molecular weight is 1000 g/mol. The Balaban J connectivity index is 1.20. The van der Waals surface area contributed by atoms with Gasteiger partial charge in [0.15, 0.2) is 6.29 Å². The number of aliphatic hydroxyl groups is 3. The maximum atomic E-state index is 14.9. The average Bonchev–Trinajstić information content (AvgIpc) is 3.80. The molecule has 0 bridgehead atoms. The summed E-state index contributed by atoms with van der Waals surface area (Å²) in [5.41, 5.74) is -0.222. The van der Waals surface area contributed by atoms with Gasteiger partial charge in [0, 0.05) is 70.5 Å². The van der Waals surface area contributed by atoms with Crippen molar-refractivity contribution in [3.8, 4) is 0 Å². The molecule has 4 aliphatic heterocycles. The molecule has 1 aromatic heterocycles. The number of hydrogen-bond donors (Lipinski definition) is 3. The number of cyclic esters (lactones) is 1. The molecule has 0 aliphatic carbocycles. The summed E-state index contributed by atoms with van der Waals surface area (Å²) in [6, 6.07) is 7.21. The molecule has 5 heterocycles. The van der Waals surface area contributed by atoms with Gasteiger partial charge in [0.1, 0.15) is 36.6 Å². The SMILES string of the molecule is CC[C@H]1OC(=O)[C@H](C)[C@@H](C2C[C@H](C)C[C@H](C)O2)[C@H](C)[C@@H](O[C@H]2C[C@@H](N(C)CCc3cn([C@H](CF)[C@H](OC)c4ccc(C5CCOCC5)cc4)nn3)C[C@@H](C)O2)[C@](C)(O)C[C@@H](C)CN(C)[C@H](C)[C@@H](O)[C@]1(C)O. The Morgan fingerprint density at radius 3 is 2.27 bits per heavy atom. The maximum absolute atomic E-state index is 14.9. The minimum Gasteiger partial charge on any atom is -0.459 e. The van der Waals surface area contributed by atoms with Crippen molar-refractivity contribution in [1.29, 1.82) is 0 Å². The van der Waals surface area contributed by atoms with E-state index in [1.807, 2.05) is 64.9 Å². The number of hydrogen-bond acceptors (Lipinski definition) is 14. The molecule has 3 N–H and O–H groups in total. The van der Waals surface area contributed by atoms with E-state index >= 15 is 0 Å². The van der Waals surface area contributed by atoms with Crippen LogP contribution in [-0.4, -0.2) is 166 Å². The van der Waals surface area contributed by atoms with Crippen molar-refractivity contribution in [2.45, 2.75) is 211 Å². The van der Waals surface area contributed by atoms with Crippen molar-refractivity contribution in [2.24, 2.45) is 29.6 Å². The molecule has 4 fully saturated rings. The topological polar surface area (TPSA) is 170 Å². The highest BCUT2D eigenvalue weighted by Crippen LogP contribution is 2.44. The highest BCUT2D eigenvalue weighted by atomic mass is 19.1. The first-order valence-electron chi connectivity index (χ1n) is 26.9. The van der Waals surface area contributed by atoms with Gasteiger partial charge >= 0.3 is 5.97 Å². The van der Waals surface area contributed by atoms with Crippen molar-refractivity contribution < 1.29 is 52.9 Å². The second kappa shape index (κ2) is 25.3. The number of likely N-dealkylation sites (N-methyl/N-ethyl adjacent to an activating group) is 2. The third kappa shape index (κ3) is 14.2. The number of nitrogens with zero attached hydrogens (tertiary/aromatic N) is 5. The van der Waals surface area contributed by atoms with Crippen molar-refractivity contribution in [2.75, 3.05) is 54.2 Å². The Kier molecular flexibility index (Phi) is 20.5. The lowest BCUT2D eigenvalue weighted by Crippen LogP contribution is -2.59. The van der Waals surface area contributed by atoms with E-state index in [9.17, 15) is 24.5 Å². The molecule has 6 rings (SSSR count). The summed E-state index contributed by atoms with van der Waals surface area (Å²) in [5, 5.41) is 45.3. The molecule has 1 unspecified atom stereocenters. The highest BCUT2D eigenvalue weighted by molar-refractivity contribution is 5.73. The first-order chi connectivity index (χ1) is 33.6. The third-order valence-electron chi connectivity index (χ3n) is 17.0. The quantitative estimate of drug-likeness (QED) is 0.159. The Hall–Kier alpha value is -2.64. The highest BCUT2D eigenvalue weighted by Gasteiger charge is 2.51. The lowest BCUT2D eigenvalue weighted by molar-refractivity contribution is -0.269. The van der Waals surface area contributed by atoms with Gasteiger partial charge in [-0.05, 0) is 128 Å². The molecule has 4 saturated heterocycles. The zero-order valence-corrected chi connectivity index (χ0v) is 45.4. The molecule has 0 saturated carbocycles. The Labute approximate surface area is 424 Å². The largest absolute Gasteiger partial charge is 0.459 e. The van der Waals surface area contributed by atoms with Gasteiger partial charge in [-0.15, -0.1) is 5.10 Å². The monoisotopic (exact) mass is 1000 g/mol. The van der Waals surface area contributed by atoms with Gasteiger partial charge in [-0.3, -0.25) is 4.79 Å². The molecule has 16 heteroatoms. The summed E-state index contributed by atoms with van der Waals surface area (Å²) in [6.45, 7) is 21.5. The number of halogens is 1. The minimum absolute atomic E-state index is 0.0342. The Morgan fingerprint density at radius 2 is 1.63 bits per heavy atom. The summed E-state index contributed by atoms with van der Waals surface area (Å²) >= 11 is 0. The van der Waals surface area contributed by atoms with E-state index in [4.69, 9.17) is 28.4 Å². The fourth-order valence-corrected chi connectivity index (χ4v) is 12.9. The fraction of sp³-hybridized carbons (Fsp3) is 0.836. The molecular weight excluding hydrogens is 910 g/mol. The number of rotatable bonds is 14. The van der Waals surface area contributed by atoms with Gasteiger partial charge in [0.2, 0.25) is 0 Å². The normalized spacial score (nSPS) is 38.8. The van der Waals surface area contributed by atoms with Gasteiger partial charge in [-0.25, -0.2) is 9.07 Å². The zero-order chi connectivity index (χ0) is 51.9. The van der Waals surface area contributed by atoms with Crippen LogP contribution in [0.15, 0.2) is 30.5 Å². The first kappa shape index (κ1) is 57.6. The second-order valence-corrected chi connectivity index (χ2v) is 23.0. The van der Waals surface area contributed by atoms with E-state index in [2.05, 4.69) is 62.1 Å². The molecule has 0 radical (unpaired) electrons. The summed E-state index contributed by atoms with van der Waals surface area (Å²) in [5.74, 6) is -1.32. The second-order valence-electron chi connectivity index (χ2n) is 23.0. The van der Waals surface area contributed by atoms with E-state index in [1.54, 1.807) is 18.7 Å². The van der Waals surface area contributed by atoms with E-state index in [1.165, 1.54) is 5.56 Å². The summed E-state index contributed by atoms with van der Waals surface area (Å²) < 4.78 is 54.7. The third-order valence-corrected chi connectivity index (χ3v) is 17.0. The lowest BCUT2D eigenvalue weighted by atomic mass is 9.69. The molecule has 4 aliphatic rings. The predicted octanol–water partition coefficient (Wildman–Crippen LogP) is 7.46. The van der Waals surface area contributed by atoms with Gasteiger partial charge < -0.3 is 53.5 Å². The number of methoxy groups -OCH3 is 1.